The number of hydrogen-bond donors (Lipinski definition) is 1. The first kappa shape index (κ1) is 15.3. The number of nitrogens with one attached hydrogen (secondary N) is 1. The maximum Gasteiger partial charge on any atom is 0.118 e. The fraction of sp³-hybridized carbons (Fsp3) is 0.647. The van der Waals surface area contributed by atoms with Crippen LogP contribution in [0, 0.1) is 5.41 Å². The molecule has 1 saturated carbocycles. The minimum absolute atomic E-state index is 0.309. The molecule has 3 nitrogen and oxygen atoms in total. The topological polar surface area (TPSA) is 24.5 Å². The first-order chi connectivity index (χ1) is 9.48. The molecule has 0 amide bonds. The second-order valence-corrected chi connectivity index (χ2v) is 6.84. The number of nitrogens with zero attached hydrogens (tertiary/aromatic N) is 1. The van der Waals surface area contributed by atoms with Gasteiger partial charge in [0, 0.05) is 25.7 Å². The lowest BCUT2D eigenvalue weighted by Crippen LogP contribution is -2.39. The lowest BCUT2D eigenvalue weighted by Gasteiger charge is -2.30. The van der Waals surface area contributed by atoms with Gasteiger partial charge in [-0.15, -0.1) is 0 Å². The quantitative estimate of drug-likeness (QED) is 0.790. The zero-order valence-electron chi connectivity index (χ0n) is 13.3. The summed E-state index contributed by atoms with van der Waals surface area (Å²) in [7, 11) is 3.90. The minimum atomic E-state index is 0.309. The van der Waals surface area contributed by atoms with Crippen LogP contribution >= 0.6 is 0 Å². The molecule has 0 unspecified atom stereocenters. The van der Waals surface area contributed by atoms with E-state index in [1.165, 1.54) is 18.4 Å². The summed E-state index contributed by atoms with van der Waals surface area (Å²) in [6.07, 6.45) is 2.72. The van der Waals surface area contributed by atoms with E-state index in [1.807, 2.05) is 12.1 Å². The van der Waals surface area contributed by atoms with Crippen LogP contribution in [0.15, 0.2) is 24.3 Å². The van der Waals surface area contributed by atoms with E-state index in [1.54, 1.807) is 7.11 Å². The van der Waals surface area contributed by atoms with E-state index in [-0.39, 0.29) is 0 Å². The third kappa shape index (κ3) is 5.14. The summed E-state index contributed by atoms with van der Waals surface area (Å²) in [6, 6.07) is 9.14. The van der Waals surface area contributed by atoms with Gasteiger partial charge in [-0.3, -0.25) is 0 Å². The molecule has 0 heterocycles. The molecule has 0 aromatic heterocycles. The van der Waals surface area contributed by atoms with Crippen molar-refractivity contribution in [3.63, 3.8) is 0 Å². The highest BCUT2D eigenvalue weighted by Gasteiger charge is 2.26. The van der Waals surface area contributed by atoms with Gasteiger partial charge in [0.05, 0.1) is 7.11 Å². The molecular weight excluding hydrogens is 248 g/mol. The molecule has 0 atom stereocenters. The standard InChI is InChI=1S/C17H28N2O/c1-17(2,12-18-15-7-8-15)13-19(3)11-14-5-9-16(20-4)10-6-14/h5-6,9-10,15,18H,7-8,11-13H2,1-4H3. The van der Waals surface area contributed by atoms with E-state index in [4.69, 9.17) is 4.74 Å². The summed E-state index contributed by atoms with van der Waals surface area (Å²) in [5.41, 5.74) is 1.64. The molecular formula is C17H28N2O. The molecule has 0 saturated heterocycles. The maximum absolute atomic E-state index is 5.19. The molecule has 1 aliphatic rings. The van der Waals surface area contributed by atoms with E-state index in [0.717, 1.165) is 31.4 Å². The van der Waals surface area contributed by atoms with Gasteiger partial charge < -0.3 is 15.0 Å². The Morgan fingerprint density at radius 1 is 1.25 bits per heavy atom. The molecule has 3 heteroatoms. The summed E-state index contributed by atoms with van der Waals surface area (Å²) in [6.45, 7) is 7.86. The Balaban J connectivity index is 1.78. The molecule has 2 rings (SSSR count). The van der Waals surface area contributed by atoms with Crippen LogP contribution < -0.4 is 10.1 Å². The summed E-state index contributed by atoms with van der Waals surface area (Å²) in [4.78, 5) is 2.40. The SMILES string of the molecule is COc1ccc(CN(C)CC(C)(C)CNC2CC2)cc1. The average Bonchev–Trinajstić information content (AvgIpc) is 3.21. The lowest BCUT2D eigenvalue weighted by atomic mass is 9.92. The monoisotopic (exact) mass is 276 g/mol. The highest BCUT2D eigenvalue weighted by molar-refractivity contribution is 5.27. The molecule has 112 valence electrons. The summed E-state index contributed by atoms with van der Waals surface area (Å²) >= 11 is 0. The van der Waals surface area contributed by atoms with Gasteiger partial charge in [0.2, 0.25) is 0 Å². The molecule has 1 aromatic rings. The van der Waals surface area contributed by atoms with Gasteiger partial charge in [0.25, 0.3) is 0 Å². The van der Waals surface area contributed by atoms with Gasteiger partial charge in [-0.1, -0.05) is 26.0 Å². The summed E-state index contributed by atoms with van der Waals surface area (Å²) in [5.74, 6) is 0.922. The van der Waals surface area contributed by atoms with Crippen LogP contribution in [0.2, 0.25) is 0 Å². The molecule has 0 bridgehead atoms. The van der Waals surface area contributed by atoms with E-state index < -0.39 is 0 Å². The molecule has 1 fully saturated rings. The van der Waals surface area contributed by atoms with Crippen molar-refractivity contribution in [3.05, 3.63) is 29.8 Å². The van der Waals surface area contributed by atoms with Crippen LogP contribution in [0.5, 0.6) is 5.75 Å². The number of rotatable bonds is 8. The van der Waals surface area contributed by atoms with Crippen molar-refractivity contribution in [2.45, 2.75) is 39.3 Å². The lowest BCUT2D eigenvalue weighted by molar-refractivity contribution is 0.198. The zero-order valence-corrected chi connectivity index (χ0v) is 13.3. The third-order valence-corrected chi connectivity index (χ3v) is 3.76. The van der Waals surface area contributed by atoms with Gasteiger partial charge in [-0.25, -0.2) is 0 Å². The predicted octanol–water partition coefficient (Wildman–Crippen LogP) is 2.91. The van der Waals surface area contributed by atoms with Crippen molar-refractivity contribution in [1.29, 1.82) is 0 Å². The van der Waals surface area contributed by atoms with Crippen LogP contribution in [0.4, 0.5) is 0 Å². The van der Waals surface area contributed by atoms with Crippen LogP contribution in [0.25, 0.3) is 0 Å². The fourth-order valence-corrected chi connectivity index (χ4v) is 2.59. The van der Waals surface area contributed by atoms with E-state index in [9.17, 15) is 0 Å². The van der Waals surface area contributed by atoms with Gasteiger partial charge in [0.1, 0.15) is 5.75 Å². The third-order valence-electron chi connectivity index (χ3n) is 3.76. The molecule has 0 radical (unpaired) electrons. The smallest absolute Gasteiger partial charge is 0.118 e. The van der Waals surface area contributed by atoms with E-state index in [0.29, 0.717) is 5.41 Å². The molecule has 20 heavy (non-hydrogen) atoms. The molecule has 1 N–H and O–H groups in total. The van der Waals surface area contributed by atoms with E-state index >= 15 is 0 Å². The van der Waals surface area contributed by atoms with Crippen LogP contribution in [-0.4, -0.2) is 38.2 Å². The summed E-state index contributed by atoms with van der Waals surface area (Å²) < 4.78 is 5.19. The number of ether oxygens (including phenoxy) is 1. The van der Waals surface area contributed by atoms with Crippen molar-refractivity contribution in [2.24, 2.45) is 5.41 Å². The number of hydrogen-bond acceptors (Lipinski definition) is 3. The first-order valence-electron chi connectivity index (χ1n) is 7.53. The number of methoxy groups -OCH3 is 1. The predicted molar refractivity (Wildman–Crippen MR) is 84.1 cm³/mol. The highest BCUT2D eigenvalue weighted by Crippen LogP contribution is 2.22. The molecule has 0 spiro atoms. The molecule has 1 aliphatic carbocycles. The Morgan fingerprint density at radius 2 is 1.90 bits per heavy atom. The molecule has 0 aliphatic heterocycles. The normalized spacial score (nSPS) is 15.7. The Morgan fingerprint density at radius 3 is 2.45 bits per heavy atom. The van der Waals surface area contributed by atoms with Crippen molar-refractivity contribution < 1.29 is 4.74 Å². The fourth-order valence-electron chi connectivity index (χ4n) is 2.59. The van der Waals surface area contributed by atoms with Crippen molar-refractivity contribution in [3.8, 4) is 5.75 Å². The van der Waals surface area contributed by atoms with Gasteiger partial charge in [-0.05, 0) is 43.0 Å². The van der Waals surface area contributed by atoms with Crippen molar-refractivity contribution in [2.75, 3.05) is 27.2 Å². The van der Waals surface area contributed by atoms with Crippen molar-refractivity contribution >= 4 is 0 Å². The largest absolute Gasteiger partial charge is 0.497 e. The minimum Gasteiger partial charge on any atom is -0.497 e. The van der Waals surface area contributed by atoms with Crippen LogP contribution in [0.1, 0.15) is 32.3 Å². The Kier molecular flexibility index (Phi) is 5.06. The Labute approximate surface area is 123 Å². The summed E-state index contributed by atoms with van der Waals surface area (Å²) in [5, 5.41) is 3.64. The maximum atomic E-state index is 5.19. The Bertz CT molecular complexity index is 410. The number of benzene rings is 1. The first-order valence-corrected chi connectivity index (χ1v) is 7.53. The second kappa shape index (κ2) is 6.59. The Hall–Kier alpha value is -1.06. The second-order valence-electron chi connectivity index (χ2n) is 6.84. The van der Waals surface area contributed by atoms with Gasteiger partial charge in [0.15, 0.2) is 0 Å². The average molecular weight is 276 g/mol. The van der Waals surface area contributed by atoms with Crippen LogP contribution in [-0.2, 0) is 6.54 Å². The molecule has 1 aromatic carbocycles. The van der Waals surface area contributed by atoms with Gasteiger partial charge >= 0.3 is 0 Å². The van der Waals surface area contributed by atoms with E-state index in [2.05, 4.69) is 43.2 Å². The highest BCUT2D eigenvalue weighted by atomic mass is 16.5. The van der Waals surface area contributed by atoms with Crippen molar-refractivity contribution in [1.82, 2.24) is 10.2 Å². The van der Waals surface area contributed by atoms with Crippen LogP contribution in [0.3, 0.4) is 0 Å². The zero-order chi connectivity index (χ0) is 14.6. The van der Waals surface area contributed by atoms with Gasteiger partial charge in [-0.2, -0.15) is 0 Å².